The second kappa shape index (κ2) is 6.36. The highest BCUT2D eigenvalue weighted by molar-refractivity contribution is 4.89. The molecule has 0 heterocycles. The van der Waals surface area contributed by atoms with E-state index in [0.29, 0.717) is 12.6 Å². The Morgan fingerprint density at radius 3 is 2.28 bits per heavy atom. The summed E-state index contributed by atoms with van der Waals surface area (Å²) in [6, 6.07) is 0.666. The highest BCUT2D eigenvalue weighted by Gasteiger charge is 2.33. The van der Waals surface area contributed by atoms with Crippen molar-refractivity contribution in [1.82, 2.24) is 4.90 Å². The average Bonchev–Trinajstić information content (AvgIpc) is 2.40. The Morgan fingerprint density at radius 1 is 1.11 bits per heavy atom. The lowest BCUT2D eigenvalue weighted by atomic mass is 9.81. The molecule has 0 unspecified atom stereocenters. The smallest absolute Gasteiger partial charge is 0.0770 e. The molecule has 2 rings (SSSR count). The van der Waals surface area contributed by atoms with Crippen LogP contribution in [0.25, 0.3) is 0 Å². The molecule has 0 amide bonds. The van der Waals surface area contributed by atoms with Gasteiger partial charge in [0.2, 0.25) is 0 Å². The second-order valence-electron chi connectivity index (χ2n) is 6.60. The van der Waals surface area contributed by atoms with E-state index in [9.17, 15) is 5.11 Å². The minimum atomic E-state index is -0.567. The number of hydrogen-bond donors (Lipinski definition) is 2. The van der Waals surface area contributed by atoms with Crippen LogP contribution in [-0.4, -0.2) is 41.8 Å². The Bertz CT molecular complexity index is 243. The zero-order chi connectivity index (χ0) is 13.0. The maximum absolute atomic E-state index is 10.2. The zero-order valence-electron chi connectivity index (χ0n) is 11.9. The van der Waals surface area contributed by atoms with Gasteiger partial charge in [0, 0.05) is 19.1 Å². The fraction of sp³-hybridized carbons (Fsp3) is 1.00. The van der Waals surface area contributed by atoms with Gasteiger partial charge in [0.25, 0.3) is 0 Å². The monoisotopic (exact) mass is 254 g/mol. The third kappa shape index (κ3) is 3.69. The minimum absolute atomic E-state index is 0.423. The molecule has 0 aromatic heterocycles. The summed E-state index contributed by atoms with van der Waals surface area (Å²) in [5.41, 5.74) is 5.08. The van der Waals surface area contributed by atoms with Gasteiger partial charge in [0.15, 0.2) is 0 Å². The molecule has 2 aliphatic carbocycles. The maximum atomic E-state index is 10.2. The molecule has 2 aliphatic rings. The Hall–Kier alpha value is -0.120. The van der Waals surface area contributed by atoms with Gasteiger partial charge in [0.05, 0.1) is 5.60 Å². The maximum Gasteiger partial charge on any atom is 0.0770 e. The lowest BCUT2D eigenvalue weighted by molar-refractivity contribution is -0.0117. The van der Waals surface area contributed by atoms with Crippen molar-refractivity contribution in [2.24, 2.45) is 11.7 Å². The molecule has 0 radical (unpaired) electrons. The van der Waals surface area contributed by atoms with Gasteiger partial charge < -0.3 is 15.7 Å². The van der Waals surface area contributed by atoms with Crippen LogP contribution in [0.3, 0.4) is 0 Å². The van der Waals surface area contributed by atoms with Crippen molar-refractivity contribution >= 4 is 0 Å². The average molecular weight is 254 g/mol. The molecular weight excluding hydrogens is 224 g/mol. The van der Waals surface area contributed by atoms with Gasteiger partial charge in [-0.2, -0.15) is 0 Å². The molecule has 0 aromatic carbocycles. The highest BCUT2D eigenvalue weighted by atomic mass is 16.3. The standard InChI is InChI=1S/C15H30N2O/c1-17(11-13-5-3-2-4-6-13)14-7-9-15(18,12-16)10-8-14/h13-14,18H,2-12,16H2,1H3. The highest BCUT2D eigenvalue weighted by Crippen LogP contribution is 2.31. The van der Waals surface area contributed by atoms with E-state index in [1.165, 1.54) is 38.6 Å². The Morgan fingerprint density at radius 2 is 1.72 bits per heavy atom. The molecule has 0 saturated heterocycles. The number of hydrogen-bond acceptors (Lipinski definition) is 3. The van der Waals surface area contributed by atoms with Gasteiger partial charge >= 0.3 is 0 Å². The van der Waals surface area contributed by atoms with Gasteiger partial charge in [-0.15, -0.1) is 0 Å². The topological polar surface area (TPSA) is 49.5 Å². The van der Waals surface area contributed by atoms with Crippen molar-refractivity contribution in [2.75, 3.05) is 20.1 Å². The van der Waals surface area contributed by atoms with Gasteiger partial charge in [-0.3, -0.25) is 0 Å². The number of aliphatic hydroxyl groups is 1. The van der Waals surface area contributed by atoms with Crippen molar-refractivity contribution in [2.45, 2.75) is 69.4 Å². The van der Waals surface area contributed by atoms with Crippen LogP contribution >= 0.6 is 0 Å². The molecule has 106 valence electrons. The van der Waals surface area contributed by atoms with Crippen LogP contribution in [0.15, 0.2) is 0 Å². The van der Waals surface area contributed by atoms with Gasteiger partial charge in [-0.25, -0.2) is 0 Å². The number of nitrogens with zero attached hydrogens (tertiary/aromatic N) is 1. The van der Waals surface area contributed by atoms with Crippen LogP contribution in [-0.2, 0) is 0 Å². The van der Waals surface area contributed by atoms with E-state index in [0.717, 1.165) is 31.6 Å². The van der Waals surface area contributed by atoms with Crippen LogP contribution < -0.4 is 5.73 Å². The van der Waals surface area contributed by atoms with E-state index in [1.807, 2.05) is 0 Å². The molecule has 3 heteroatoms. The van der Waals surface area contributed by atoms with E-state index in [-0.39, 0.29) is 0 Å². The molecule has 0 bridgehead atoms. The molecule has 0 spiro atoms. The van der Waals surface area contributed by atoms with E-state index in [4.69, 9.17) is 5.73 Å². The lowest BCUT2D eigenvalue weighted by Gasteiger charge is -2.40. The molecule has 3 N–H and O–H groups in total. The molecule has 0 atom stereocenters. The molecule has 0 aromatic rings. The minimum Gasteiger partial charge on any atom is -0.389 e. The van der Waals surface area contributed by atoms with Crippen molar-refractivity contribution in [3.05, 3.63) is 0 Å². The summed E-state index contributed by atoms with van der Waals surface area (Å²) in [6.07, 6.45) is 11.1. The predicted molar refractivity (Wildman–Crippen MR) is 75.5 cm³/mol. The Balaban J connectivity index is 1.74. The summed E-state index contributed by atoms with van der Waals surface area (Å²) in [4.78, 5) is 2.55. The van der Waals surface area contributed by atoms with Gasteiger partial charge in [-0.05, 0) is 51.5 Å². The van der Waals surface area contributed by atoms with Crippen molar-refractivity contribution < 1.29 is 5.11 Å². The molecule has 2 saturated carbocycles. The fourth-order valence-corrected chi connectivity index (χ4v) is 3.71. The summed E-state index contributed by atoms with van der Waals surface area (Å²) in [6.45, 7) is 1.68. The van der Waals surface area contributed by atoms with Crippen molar-refractivity contribution in [1.29, 1.82) is 0 Å². The predicted octanol–water partition coefficient (Wildman–Crippen LogP) is 2.13. The van der Waals surface area contributed by atoms with E-state index in [2.05, 4.69) is 11.9 Å². The van der Waals surface area contributed by atoms with Crippen LogP contribution in [0.2, 0.25) is 0 Å². The third-order valence-electron chi connectivity index (χ3n) is 5.16. The first-order valence-electron chi connectivity index (χ1n) is 7.76. The van der Waals surface area contributed by atoms with Crippen LogP contribution in [0.1, 0.15) is 57.8 Å². The molecule has 18 heavy (non-hydrogen) atoms. The van der Waals surface area contributed by atoms with Crippen molar-refractivity contribution in [3.8, 4) is 0 Å². The largest absolute Gasteiger partial charge is 0.389 e. The summed E-state index contributed by atoms with van der Waals surface area (Å²) >= 11 is 0. The van der Waals surface area contributed by atoms with E-state index < -0.39 is 5.60 Å². The fourth-order valence-electron chi connectivity index (χ4n) is 3.71. The third-order valence-corrected chi connectivity index (χ3v) is 5.16. The van der Waals surface area contributed by atoms with Gasteiger partial charge in [-0.1, -0.05) is 19.3 Å². The van der Waals surface area contributed by atoms with E-state index >= 15 is 0 Å². The van der Waals surface area contributed by atoms with Crippen LogP contribution in [0.4, 0.5) is 0 Å². The molecule has 2 fully saturated rings. The summed E-state index contributed by atoms with van der Waals surface area (Å²) in [7, 11) is 2.27. The molecule has 0 aliphatic heterocycles. The van der Waals surface area contributed by atoms with Crippen LogP contribution in [0, 0.1) is 5.92 Å². The normalized spacial score (nSPS) is 35.0. The Labute approximate surface area is 112 Å². The summed E-state index contributed by atoms with van der Waals surface area (Å²) in [5, 5.41) is 10.2. The number of nitrogens with two attached hydrogens (primary N) is 1. The lowest BCUT2D eigenvalue weighted by Crippen LogP contribution is -2.47. The number of rotatable bonds is 4. The van der Waals surface area contributed by atoms with Crippen molar-refractivity contribution in [3.63, 3.8) is 0 Å². The zero-order valence-corrected chi connectivity index (χ0v) is 11.9. The first kappa shape index (κ1) is 14.3. The van der Waals surface area contributed by atoms with Gasteiger partial charge in [0.1, 0.15) is 0 Å². The quantitative estimate of drug-likeness (QED) is 0.808. The summed E-state index contributed by atoms with van der Waals surface area (Å²) < 4.78 is 0. The molecule has 3 nitrogen and oxygen atoms in total. The second-order valence-corrected chi connectivity index (χ2v) is 6.60. The van der Waals surface area contributed by atoms with Crippen LogP contribution in [0.5, 0.6) is 0 Å². The summed E-state index contributed by atoms with van der Waals surface area (Å²) in [5.74, 6) is 0.916. The van der Waals surface area contributed by atoms with E-state index in [1.54, 1.807) is 0 Å². The Kier molecular flexibility index (Phi) is 5.05. The molecular formula is C15H30N2O. The SMILES string of the molecule is CN(CC1CCCCC1)C1CCC(O)(CN)CC1. The first-order chi connectivity index (χ1) is 8.63. The first-order valence-corrected chi connectivity index (χ1v) is 7.76.